The molecule has 0 aliphatic carbocycles. The molecule has 0 spiro atoms. The fourth-order valence-corrected chi connectivity index (χ4v) is 1.91. The highest BCUT2D eigenvalue weighted by atomic mass is 35.5. The normalized spacial score (nSPS) is 10.7. The molecule has 0 aliphatic rings. The second-order valence-electron chi connectivity index (χ2n) is 3.97. The zero-order valence-corrected chi connectivity index (χ0v) is 10.3. The maximum atomic E-state index is 5.89. The van der Waals surface area contributed by atoms with Gasteiger partial charge in [0.25, 0.3) is 6.01 Å². The molecule has 1 aromatic heterocycles. The molecule has 4 heteroatoms. The summed E-state index contributed by atoms with van der Waals surface area (Å²) in [6.07, 6.45) is 0. The van der Waals surface area contributed by atoms with E-state index in [-0.39, 0.29) is 0 Å². The third-order valence-electron chi connectivity index (χ3n) is 2.64. The predicted octanol–water partition coefficient (Wildman–Crippen LogP) is 4.09. The van der Waals surface area contributed by atoms with Gasteiger partial charge in [0.05, 0.1) is 0 Å². The minimum Gasteiger partial charge on any atom is -0.423 e. The SMILES string of the molecule is Clc1ccc2nc(NCc3ccccc3)oc2c1. The van der Waals surface area contributed by atoms with Gasteiger partial charge in [-0.25, -0.2) is 0 Å². The summed E-state index contributed by atoms with van der Waals surface area (Å²) >= 11 is 5.89. The highest BCUT2D eigenvalue weighted by Crippen LogP contribution is 2.22. The van der Waals surface area contributed by atoms with Crippen LogP contribution in [0.4, 0.5) is 6.01 Å². The average Bonchev–Trinajstić information content (AvgIpc) is 2.79. The maximum absolute atomic E-state index is 5.89. The number of fused-ring (bicyclic) bond motifs is 1. The Morgan fingerprint density at radius 2 is 1.94 bits per heavy atom. The zero-order valence-electron chi connectivity index (χ0n) is 9.56. The molecule has 1 N–H and O–H groups in total. The Morgan fingerprint density at radius 3 is 2.78 bits per heavy atom. The van der Waals surface area contributed by atoms with Crippen LogP contribution in [0, 0.1) is 0 Å². The Balaban J connectivity index is 1.79. The summed E-state index contributed by atoms with van der Waals surface area (Å²) in [6.45, 7) is 0.682. The third kappa shape index (κ3) is 2.31. The van der Waals surface area contributed by atoms with Gasteiger partial charge in [-0.2, -0.15) is 4.98 Å². The first-order chi connectivity index (χ1) is 8.81. The fraction of sp³-hybridized carbons (Fsp3) is 0.0714. The van der Waals surface area contributed by atoms with Gasteiger partial charge in [-0.05, 0) is 17.7 Å². The van der Waals surface area contributed by atoms with Crippen LogP contribution in [0.2, 0.25) is 5.02 Å². The van der Waals surface area contributed by atoms with Crippen molar-refractivity contribution in [2.45, 2.75) is 6.54 Å². The van der Waals surface area contributed by atoms with E-state index in [0.29, 0.717) is 23.2 Å². The van der Waals surface area contributed by atoms with Crippen molar-refractivity contribution in [3.05, 3.63) is 59.1 Å². The van der Waals surface area contributed by atoms with Gasteiger partial charge in [0.15, 0.2) is 5.58 Å². The topological polar surface area (TPSA) is 38.1 Å². The smallest absolute Gasteiger partial charge is 0.295 e. The molecule has 18 heavy (non-hydrogen) atoms. The highest BCUT2D eigenvalue weighted by Gasteiger charge is 2.05. The molecule has 90 valence electrons. The first-order valence-electron chi connectivity index (χ1n) is 5.65. The van der Waals surface area contributed by atoms with E-state index in [0.717, 1.165) is 5.52 Å². The van der Waals surface area contributed by atoms with Gasteiger partial charge in [0.2, 0.25) is 0 Å². The minimum atomic E-state index is 0.510. The summed E-state index contributed by atoms with van der Waals surface area (Å²) in [5, 5.41) is 3.80. The molecular formula is C14H11ClN2O. The number of nitrogens with zero attached hydrogens (tertiary/aromatic N) is 1. The van der Waals surface area contributed by atoms with Crippen LogP contribution in [-0.4, -0.2) is 4.98 Å². The van der Waals surface area contributed by atoms with Crippen LogP contribution < -0.4 is 5.32 Å². The number of benzene rings is 2. The van der Waals surface area contributed by atoms with Crippen molar-refractivity contribution in [2.75, 3.05) is 5.32 Å². The average molecular weight is 259 g/mol. The molecule has 0 radical (unpaired) electrons. The van der Waals surface area contributed by atoms with Crippen molar-refractivity contribution in [2.24, 2.45) is 0 Å². The molecule has 0 unspecified atom stereocenters. The van der Waals surface area contributed by atoms with Gasteiger partial charge in [-0.15, -0.1) is 0 Å². The van der Waals surface area contributed by atoms with Crippen molar-refractivity contribution in [1.82, 2.24) is 4.98 Å². The van der Waals surface area contributed by atoms with Gasteiger partial charge < -0.3 is 9.73 Å². The second-order valence-corrected chi connectivity index (χ2v) is 4.41. The summed E-state index contributed by atoms with van der Waals surface area (Å²) in [5.74, 6) is 0. The van der Waals surface area contributed by atoms with E-state index < -0.39 is 0 Å². The summed E-state index contributed by atoms with van der Waals surface area (Å²) in [7, 11) is 0. The summed E-state index contributed by atoms with van der Waals surface area (Å²) in [5.41, 5.74) is 2.67. The second kappa shape index (κ2) is 4.70. The number of rotatable bonds is 3. The summed E-state index contributed by atoms with van der Waals surface area (Å²) in [4.78, 5) is 4.33. The number of hydrogen-bond acceptors (Lipinski definition) is 3. The van der Waals surface area contributed by atoms with E-state index in [4.69, 9.17) is 16.0 Å². The molecule has 3 rings (SSSR count). The molecule has 3 nitrogen and oxygen atoms in total. The van der Waals surface area contributed by atoms with Crippen LogP contribution in [0.15, 0.2) is 52.9 Å². The molecule has 2 aromatic carbocycles. The van der Waals surface area contributed by atoms with E-state index in [9.17, 15) is 0 Å². The number of anilines is 1. The maximum Gasteiger partial charge on any atom is 0.295 e. The van der Waals surface area contributed by atoms with Gasteiger partial charge >= 0.3 is 0 Å². The van der Waals surface area contributed by atoms with Crippen molar-refractivity contribution in [3.63, 3.8) is 0 Å². The lowest BCUT2D eigenvalue weighted by atomic mass is 10.2. The molecule has 0 saturated heterocycles. The molecule has 0 bridgehead atoms. The van der Waals surface area contributed by atoms with E-state index in [1.165, 1.54) is 5.56 Å². The number of hydrogen-bond donors (Lipinski definition) is 1. The molecular weight excluding hydrogens is 248 g/mol. The lowest BCUT2D eigenvalue weighted by molar-refractivity contribution is 0.614. The van der Waals surface area contributed by atoms with Crippen LogP contribution in [0.3, 0.4) is 0 Å². The van der Waals surface area contributed by atoms with Crippen molar-refractivity contribution < 1.29 is 4.42 Å². The Bertz CT molecular complexity index is 664. The first kappa shape index (κ1) is 11.1. The van der Waals surface area contributed by atoms with E-state index in [2.05, 4.69) is 10.3 Å². The lowest BCUT2D eigenvalue weighted by Crippen LogP contribution is -1.98. The Morgan fingerprint density at radius 1 is 1.11 bits per heavy atom. The molecule has 0 atom stereocenters. The number of oxazole rings is 1. The minimum absolute atomic E-state index is 0.510. The van der Waals surface area contributed by atoms with Crippen molar-refractivity contribution in [1.29, 1.82) is 0 Å². The van der Waals surface area contributed by atoms with Gasteiger partial charge in [0, 0.05) is 17.6 Å². The lowest BCUT2D eigenvalue weighted by Gasteiger charge is -2.00. The molecule has 0 amide bonds. The molecule has 0 fully saturated rings. The van der Waals surface area contributed by atoms with Crippen LogP contribution in [-0.2, 0) is 6.54 Å². The Hall–Kier alpha value is -2.00. The molecule has 0 aliphatic heterocycles. The zero-order chi connectivity index (χ0) is 12.4. The first-order valence-corrected chi connectivity index (χ1v) is 6.03. The third-order valence-corrected chi connectivity index (χ3v) is 2.87. The Kier molecular flexibility index (Phi) is 2.90. The largest absolute Gasteiger partial charge is 0.423 e. The summed E-state index contributed by atoms with van der Waals surface area (Å²) in [6, 6.07) is 16.0. The number of nitrogens with one attached hydrogen (secondary N) is 1. The van der Waals surface area contributed by atoms with Crippen molar-refractivity contribution in [3.8, 4) is 0 Å². The van der Waals surface area contributed by atoms with Gasteiger partial charge in [-0.3, -0.25) is 0 Å². The number of halogens is 1. The fourth-order valence-electron chi connectivity index (χ4n) is 1.75. The standard InChI is InChI=1S/C14H11ClN2O/c15-11-6-7-12-13(8-11)18-14(17-12)16-9-10-4-2-1-3-5-10/h1-8H,9H2,(H,16,17). The summed E-state index contributed by atoms with van der Waals surface area (Å²) < 4.78 is 5.56. The van der Waals surface area contributed by atoms with Gasteiger partial charge in [-0.1, -0.05) is 41.9 Å². The molecule has 0 saturated carbocycles. The van der Waals surface area contributed by atoms with E-state index in [1.807, 2.05) is 36.4 Å². The van der Waals surface area contributed by atoms with Crippen LogP contribution in [0.25, 0.3) is 11.1 Å². The Labute approximate surface area is 109 Å². The predicted molar refractivity (Wildman–Crippen MR) is 72.8 cm³/mol. The number of aromatic nitrogens is 1. The molecule has 1 heterocycles. The highest BCUT2D eigenvalue weighted by molar-refractivity contribution is 6.31. The van der Waals surface area contributed by atoms with Crippen molar-refractivity contribution >= 4 is 28.7 Å². The van der Waals surface area contributed by atoms with Crippen LogP contribution >= 0.6 is 11.6 Å². The van der Waals surface area contributed by atoms with Crippen LogP contribution in [0.1, 0.15) is 5.56 Å². The van der Waals surface area contributed by atoms with E-state index >= 15 is 0 Å². The van der Waals surface area contributed by atoms with Gasteiger partial charge in [0.1, 0.15) is 5.52 Å². The van der Waals surface area contributed by atoms with E-state index in [1.54, 1.807) is 12.1 Å². The quantitative estimate of drug-likeness (QED) is 0.769. The molecule has 3 aromatic rings. The monoisotopic (exact) mass is 258 g/mol. The van der Waals surface area contributed by atoms with Crippen LogP contribution in [0.5, 0.6) is 0 Å².